The van der Waals surface area contributed by atoms with E-state index in [0.29, 0.717) is 5.82 Å². The molecular weight excluding hydrogens is 279 g/mol. The molecular formula is C12H15FN6S. The zero-order chi connectivity index (χ0) is 13.9. The average Bonchev–Trinajstić information content (AvgIpc) is 2.96. The lowest BCUT2D eigenvalue weighted by atomic mass is 10.3. The van der Waals surface area contributed by atoms with Crippen LogP contribution >= 0.6 is 11.5 Å². The van der Waals surface area contributed by atoms with Gasteiger partial charge in [-0.05, 0) is 0 Å². The van der Waals surface area contributed by atoms with Crippen LogP contribution in [0.2, 0.25) is 0 Å². The number of rotatable bonds is 3. The molecule has 0 N–H and O–H groups in total. The summed E-state index contributed by atoms with van der Waals surface area (Å²) in [6.45, 7) is 5.30. The molecule has 0 radical (unpaired) electrons. The summed E-state index contributed by atoms with van der Waals surface area (Å²) >= 11 is 1.44. The smallest absolute Gasteiger partial charge is 0.218 e. The first kappa shape index (κ1) is 13.2. The Morgan fingerprint density at radius 1 is 1.20 bits per heavy atom. The lowest BCUT2D eigenvalue weighted by molar-refractivity contribution is 0.574. The molecule has 2 aromatic rings. The van der Waals surface area contributed by atoms with Crippen molar-refractivity contribution in [1.29, 1.82) is 0 Å². The van der Waals surface area contributed by atoms with E-state index in [1.165, 1.54) is 23.9 Å². The van der Waals surface area contributed by atoms with Gasteiger partial charge in [-0.25, -0.2) is 15.0 Å². The fourth-order valence-electron chi connectivity index (χ4n) is 2.14. The number of nitrogens with zero attached hydrogens (tertiary/aromatic N) is 6. The molecule has 1 saturated heterocycles. The number of anilines is 2. The molecule has 1 aliphatic rings. The Hall–Kier alpha value is -1.83. The normalized spacial score (nSPS) is 15.7. The van der Waals surface area contributed by atoms with Gasteiger partial charge in [0.05, 0.1) is 0 Å². The molecule has 0 amide bonds. The highest BCUT2D eigenvalue weighted by molar-refractivity contribution is 7.09. The number of hydrogen-bond donors (Lipinski definition) is 0. The fraction of sp³-hybridized carbons (Fsp3) is 0.500. The van der Waals surface area contributed by atoms with E-state index in [-0.39, 0.29) is 0 Å². The minimum Gasteiger partial charge on any atom is -0.353 e. The Kier molecular flexibility index (Phi) is 3.72. The van der Waals surface area contributed by atoms with Crippen LogP contribution in [-0.4, -0.2) is 45.5 Å². The highest BCUT2D eigenvalue weighted by Crippen LogP contribution is 2.21. The van der Waals surface area contributed by atoms with Gasteiger partial charge in [0, 0.05) is 50.2 Å². The summed E-state index contributed by atoms with van der Waals surface area (Å²) < 4.78 is 17.4. The SMILES string of the molecule is CCc1nsc(N2CCN(c3cc(F)ncn3)CC2)n1. The zero-order valence-electron chi connectivity index (χ0n) is 11.2. The van der Waals surface area contributed by atoms with Gasteiger partial charge in [-0.15, -0.1) is 0 Å². The highest BCUT2D eigenvalue weighted by atomic mass is 32.1. The third-order valence-electron chi connectivity index (χ3n) is 3.27. The molecule has 8 heteroatoms. The third kappa shape index (κ3) is 2.69. The van der Waals surface area contributed by atoms with E-state index in [4.69, 9.17) is 0 Å². The Morgan fingerprint density at radius 3 is 2.60 bits per heavy atom. The molecule has 3 rings (SSSR count). The van der Waals surface area contributed by atoms with Crippen molar-refractivity contribution < 1.29 is 4.39 Å². The first-order chi connectivity index (χ1) is 9.76. The summed E-state index contributed by atoms with van der Waals surface area (Å²) in [5.41, 5.74) is 0. The van der Waals surface area contributed by atoms with Crippen molar-refractivity contribution in [3.63, 3.8) is 0 Å². The number of halogens is 1. The number of aryl methyl sites for hydroxylation is 1. The van der Waals surface area contributed by atoms with Crippen LogP contribution < -0.4 is 9.80 Å². The molecule has 106 valence electrons. The van der Waals surface area contributed by atoms with Crippen molar-refractivity contribution in [3.8, 4) is 0 Å². The largest absolute Gasteiger partial charge is 0.353 e. The topological polar surface area (TPSA) is 58.0 Å². The van der Waals surface area contributed by atoms with Gasteiger partial charge in [0.25, 0.3) is 0 Å². The summed E-state index contributed by atoms with van der Waals surface area (Å²) in [4.78, 5) is 16.4. The van der Waals surface area contributed by atoms with Crippen LogP contribution in [0.5, 0.6) is 0 Å². The first-order valence-corrected chi connectivity index (χ1v) is 7.33. The van der Waals surface area contributed by atoms with Crippen LogP contribution in [0.25, 0.3) is 0 Å². The zero-order valence-corrected chi connectivity index (χ0v) is 12.0. The van der Waals surface area contributed by atoms with Crippen LogP contribution in [0.4, 0.5) is 15.3 Å². The van der Waals surface area contributed by atoms with Crippen molar-refractivity contribution in [3.05, 3.63) is 24.2 Å². The summed E-state index contributed by atoms with van der Waals surface area (Å²) in [7, 11) is 0. The lowest BCUT2D eigenvalue weighted by Gasteiger charge is -2.34. The van der Waals surface area contributed by atoms with Gasteiger partial charge in [0.2, 0.25) is 11.1 Å². The van der Waals surface area contributed by atoms with Gasteiger partial charge in [-0.3, -0.25) is 0 Å². The quantitative estimate of drug-likeness (QED) is 0.797. The minimum atomic E-state index is -0.492. The molecule has 6 nitrogen and oxygen atoms in total. The monoisotopic (exact) mass is 294 g/mol. The van der Waals surface area contributed by atoms with E-state index in [2.05, 4.69) is 29.1 Å². The molecule has 1 aliphatic heterocycles. The van der Waals surface area contributed by atoms with E-state index in [0.717, 1.165) is 43.6 Å². The van der Waals surface area contributed by atoms with Gasteiger partial charge in [0.15, 0.2) is 0 Å². The number of aromatic nitrogens is 4. The molecule has 2 aromatic heterocycles. The van der Waals surface area contributed by atoms with Gasteiger partial charge >= 0.3 is 0 Å². The van der Waals surface area contributed by atoms with Crippen molar-refractivity contribution in [2.24, 2.45) is 0 Å². The van der Waals surface area contributed by atoms with Gasteiger partial charge in [-0.2, -0.15) is 8.76 Å². The molecule has 1 fully saturated rings. The molecule has 0 aromatic carbocycles. The maximum atomic E-state index is 13.1. The van der Waals surface area contributed by atoms with Gasteiger partial charge in [-0.1, -0.05) is 6.92 Å². The maximum Gasteiger partial charge on any atom is 0.218 e. The molecule has 0 unspecified atom stereocenters. The average molecular weight is 294 g/mol. The van der Waals surface area contributed by atoms with E-state index in [1.54, 1.807) is 0 Å². The van der Waals surface area contributed by atoms with E-state index in [9.17, 15) is 4.39 Å². The van der Waals surface area contributed by atoms with Gasteiger partial charge < -0.3 is 9.80 Å². The van der Waals surface area contributed by atoms with Crippen LogP contribution in [0, 0.1) is 5.95 Å². The summed E-state index contributed by atoms with van der Waals surface area (Å²) in [5, 5.41) is 0.968. The lowest BCUT2D eigenvalue weighted by Crippen LogP contribution is -2.46. The molecule has 20 heavy (non-hydrogen) atoms. The molecule has 0 aliphatic carbocycles. The second kappa shape index (κ2) is 5.66. The maximum absolute atomic E-state index is 13.1. The fourth-order valence-corrected chi connectivity index (χ4v) is 2.94. The molecule has 0 spiro atoms. The molecule has 0 bridgehead atoms. The van der Waals surface area contributed by atoms with Crippen LogP contribution in [0.15, 0.2) is 12.4 Å². The first-order valence-electron chi connectivity index (χ1n) is 6.56. The van der Waals surface area contributed by atoms with Crippen LogP contribution in [0.1, 0.15) is 12.7 Å². The predicted octanol–water partition coefficient (Wildman–Crippen LogP) is 1.36. The van der Waals surface area contributed by atoms with E-state index in [1.807, 2.05) is 6.92 Å². The second-order valence-corrected chi connectivity index (χ2v) is 5.25. The van der Waals surface area contributed by atoms with Crippen molar-refractivity contribution in [2.45, 2.75) is 13.3 Å². The molecule has 0 saturated carbocycles. The van der Waals surface area contributed by atoms with E-state index < -0.39 is 5.95 Å². The van der Waals surface area contributed by atoms with Crippen LogP contribution in [0.3, 0.4) is 0 Å². The Balaban J connectivity index is 1.64. The summed E-state index contributed by atoms with van der Waals surface area (Å²) in [6, 6.07) is 1.37. The number of hydrogen-bond acceptors (Lipinski definition) is 7. The Bertz CT molecular complexity index is 581. The summed E-state index contributed by atoms with van der Waals surface area (Å²) in [5.74, 6) is 1.04. The van der Waals surface area contributed by atoms with Crippen molar-refractivity contribution in [1.82, 2.24) is 19.3 Å². The van der Waals surface area contributed by atoms with E-state index >= 15 is 0 Å². The minimum absolute atomic E-state index is 0.492. The predicted molar refractivity (Wildman–Crippen MR) is 75.7 cm³/mol. The highest BCUT2D eigenvalue weighted by Gasteiger charge is 2.21. The third-order valence-corrected chi connectivity index (χ3v) is 4.08. The Labute approximate surface area is 120 Å². The molecule has 0 atom stereocenters. The summed E-state index contributed by atoms with van der Waals surface area (Å²) in [6.07, 6.45) is 2.12. The van der Waals surface area contributed by atoms with Gasteiger partial charge in [0.1, 0.15) is 18.0 Å². The second-order valence-electron chi connectivity index (χ2n) is 4.52. The Morgan fingerprint density at radius 2 is 1.95 bits per heavy atom. The van der Waals surface area contributed by atoms with Crippen LogP contribution in [-0.2, 0) is 6.42 Å². The standard InChI is InChI=1S/C12H15FN6S/c1-2-10-16-12(20-17-10)19-5-3-18(4-6-19)11-7-9(13)14-8-15-11/h7-8H,2-6H2,1H3. The van der Waals surface area contributed by atoms with Crippen molar-refractivity contribution >= 4 is 22.5 Å². The number of piperazine rings is 1. The molecule has 3 heterocycles. The van der Waals surface area contributed by atoms with Crippen molar-refractivity contribution in [2.75, 3.05) is 36.0 Å².